The van der Waals surface area contributed by atoms with E-state index in [0.717, 1.165) is 36.0 Å². The normalized spacial score (nSPS) is 19.2. The number of nitrogens with zero attached hydrogens (tertiary/aromatic N) is 2. The zero-order valence-electron chi connectivity index (χ0n) is 14.2. The number of nitrogens with two attached hydrogens (primary N) is 1. The largest absolute Gasteiger partial charge is 0.370 e. The Bertz CT molecular complexity index is 708. The Morgan fingerprint density at radius 2 is 2.38 bits per heavy atom. The molecule has 1 aromatic carbocycles. The summed E-state index contributed by atoms with van der Waals surface area (Å²) in [7, 11) is 0. The van der Waals surface area contributed by atoms with Crippen molar-refractivity contribution in [1.29, 1.82) is 0 Å². The number of guanidine groups is 1. The number of halogens is 1. The first-order valence-electron chi connectivity index (χ1n) is 8.70. The fourth-order valence-corrected chi connectivity index (χ4v) is 3.47. The summed E-state index contributed by atoms with van der Waals surface area (Å²) in [6.07, 6.45) is 5.20. The summed E-state index contributed by atoms with van der Waals surface area (Å²) >= 11 is 0. The maximum atomic E-state index is 13.2. The van der Waals surface area contributed by atoms with Gasteiger partial charge in [0, 0.05) is 29.7 Å². The summed E-state index contributed by atoms with van der Waals surface area (Å²) in [5, 5.41) is 4.23. The standard InChI is InChI=1S/C18H26FN5/c1-2-24-9-3-4-15(24)12-23-18(20)21-8-7-13-11-22-17-10-14(19)5-6-16(13)17/h5-6,10-11,15,22H,2-4,7-9,12H2,1H3,(H3,20,21,23). The van der Waals surface area contributed by atoms with Crippen LogP contribution in [-0.2, 0) is 6.42 Å². The maximum absolute atomic E-state index is 13.2. The van der Waals surface area contributed by atoms with Crippen LogP contribution in [-0.4, -0.2) is 48.1 Å². The molecule has 5 nitrogen and oxygen atoms in total. The van der Waals surface area contributed by atoms with E-state index in [1.165, 1.54) is 31.5 Å². The van der Waals surface area contributed by atoms with Crippen LogP contribution in [0.5, 0.6) is 0 Å². The third kappa shape index (κ3) is 3.87. The summed E-state index contributed by atoms with van der Waals surface area (Å²) in [4.78, 5) is 10.0. The lowest BCUT2D eigenvalue weighted by atomic mass is 10.1. The van der Waals surface area contributed by atoms with Crippen molar-refractivity contribution in [1.82, 2.24) is 15.2 Å². The van der Waals surface area contributed by atoms with Gasteiger partial charge in [0.25, 0.3) is 0 Å². The number of nitrogens with one attached hydrogen (secondary N) is 2. The minimum atomic E-state index is -0.224. The van der Waals surface area contributed by atoms with Gasteiger partial charge >= 0.3 is 0 Å². The maximum Gasteiger partial charge on any atom is 0.188 e. The minimum Gasteiger partial charge on any atom is -0.370 e. The van der Waals surface area contributed by atoms with E-state index in [1.54, 1.807) is 0 Å². The van der Waals surface area contributed by atoms with Crippen molar-refractivity contribution in [3.05, 3.63) is 35.8 Å². The third-order valence-electron chi connectivity index (χ3n) is 4.81. The molecule has 1 aliphatic rings. The van der Waals surface area contributed by atoms with Gasteiger partial charge < -0.3 is 16.0 Å². The van der Waals surface area contributed by atoms with Gasteiger partial charge in [-0.1, -0.05) is 6.92 Å². The molecule has 6 heteroatoms. The van der Waals surface area contributed by atoms with Crippen molar-refractivity contribution in [2.75, 3.05) is 26.2 Å². The van der Waals surface area contributed by atoms with Gasteiger partial charge in [-0.15, -0.1) is 0 Å². The fourth-order valence-electron chi connectivity index (χ4n) is 3.47. The molecule has 3 rings (SSSR count). The number of rotatable bonds is 6. The van der Waals surface area contributed by atoms with Crippen molar-refractivity contribution < 1.29 is 4.39 Å². The summed E-state index contributed by atoms with van der Waals surface area (Å²) in [6.45, 7) is 5.91. The lowest BCUT2D eigenvalue weighted by Crippen LogP contribution is -2.36. The summed E-state index contributed by atoms with van der Waals surface area (Å²) in [5.41, 5.74) is 7.95. The number of aliphatic imine (C=N–C) groups is 1. The smallest absolute Gasteiger partial charge is 0.188 e. The molecule has 0 bridgehead atoms. The van der Waals surface area contributed by atoms with Crippen molar-refractivity contribution in [3.8, 4) is 0 Å². The highest BCUT2D eigenvalue weighted by Gasteiger charge is 2.22. The van der Waals surface area contributed by atoms with E-state index >= 15 is 0 Å². The number of aromatic nitrogens is 1. The van der Waals surface area contributed by atoms with Crippen LogP contribution in [0, 0.1) is 5.82 Å². The van der Waals surface area contributed by atoms with Gasteiger partial charge in [-0.3, -0.25) is 9.89 Å². The van der Waals surface area contributed by atoms with Gasteiger partial charge in [0.1, 0.15) is 5.82 Å². The molecule has 1 atom stereocenters. The van der Waals surface area contributed by atoms with Gasteiger partial charge in [0.15, 0.2) is 5.96 Å². The second kappa shape index (κ2) is 7.66. The molecule has 1 aliphatic heterocycles. The molecule has 0 saturated carbocycles. The summed E-state index contributed by atoms with van der Waals surface area (Å²) < 4.78 is 13.2. The number of hydrogen-bond acceptors (Lipinski definition) is 2. The Labute approximate surface area is 142 Å². The van der Waals surface area contributed by atoms with E-state index in [1.807, 2.05) is 12.3 Å². The molecule has 0 spiro atoms. The number of fused-ring (bicyclic) bond motifs is 1. The molecular formula is C18H26FN5. The van der Waals surface area contributed by atoms with Gasteiger partial charge in [-0.25, -0.2) is 4.39 Å². The number of likely N-dealkylation sites (tertiary alicyclic amines) is 1. The molecule has 1 aromatic heterocycles. The van der Waals surface area contributed by atoms with Crippen LogP contribution in [0.15, 0.2) is 29.4 Å². The quantitative estimate of drug-likeness (QED) is 0.562. The van der Waals surface area contributed by atoms with Crippen LogP contribution in [0.1, 0.15) is 25.3 Å². The Hall–Kier alpha value is -2.08. The average molecular weight is 331 g/mol. The number of aromatic amines is 1. The molecular weight excluding hydrogens is 305 g/mol. The van der Waals surface area contributed by atoms with E-state index in [-0.39, 0.29) is 5.82 Å². The fraction of sp³-hybridized carbons (Fsp3) is 0.500. The van der Waals surface area contributed by atoms with Crippen LogP contribution < -0.4 is 11.1 Å². The van der Waals surface area contributed by atoms with E-state index in [9.17, 15) is 4.39 Å². The minimum absolute atomic E-state index is 0.224. The first-order chi connectivity index (χ1) is 11.7. The van der Waals surface area contributed by atoms with E-state index in [0.29, 0.717) is 18.5 Å². The highest BCUT2D eigenvalue weighted by atomic mass is 19.1. The molecule has 2 aromatic rings. The van der Waals surface area contributed by atoms with Gasteiger partial charge in [-0.05, 0) is 56.1 Å². The average Bonchev–Trinajstić information content (AvgIpc) is 3.19. The Kier molecular flexibility index (Phi) is 5.35. The predicted molar refractivity (Wildman–Crippen MR) is 96.7 cm³/mol. The molecule has 0 radical (unpaired) electrons. The molecule has 4 N–H and O–H groups in total. The summed E-state index contributed by atoms with van der Waals surface area (Å²) in [5.74, 6) is 0.280. The van der Waals surface area contributed by atoms with Crippen LogP contribution in [0.2, 0.25) is 0 Å². The van der Waals surface area contributed by atoms with E-state index in [4.69, 9.17) is 5.73 Å². The zero-order valence-corrected chi connectivity index (χ0v) is 14.2. The van der Waals surface area contributed by atoms with Gasteiger partial charge in [0.05, 0.1) is 6.54 Å². The van der Waals surface area contributed by atoms with Crippen molar-refractivity contribution in [2.24, 2.45) is 10.7 Å². The molecule has 0 aliphatic carbocycles. The van der Waals surface area contributed by atoms with Crippen molar-refractivity contribution >= 4 is 16.9 Å². The molecule has 1 fully saturated rings. The summed E-state index contributed by atoms with van der Waals surface area (Å²) in [6, 6.07) is 5.35. The van der Waals surface area contributed by atoms with Gasteiger partial charge in [0.2, 0.25) is 0 Å². The second-order valence-corrected chi connectivity index (χ2v) is 6.33. The number of benzene rings is 1. The Balaban J connectivity index is 1.49. The van der Waals surface area contributed by atoms with Crippen LogP contribution in [0.4, 0.5) is 4.39 Å². The first kappa shape index (κ1) is 16.8. The SMILES string of the molecule is CCN1CCCC1CN=C(N)NCCc1c[nH]c2cc(F)ccc12. The highest BCUT2D eigenvalue weighted by molar-refractivity contribution is 5.83. The molecule has 1 unspecified atom stereocenters. The van der Waals surface area contributed by atoms with Crippen molar-refractivity contribution in [2.45, 2.75) is 32.2 Å². The molecule has 130 valence electrons. The molecule has 1 saturated heterocycles. The lowest BCUT2D eigenvalue weighted by molar-refractivity contribution is 0.273. The predicted octanol–water partition coefficient (Wildman–Crippen LogP) is 2.24. The Morgan fingerprint density at radius 3 is 3.21 bits per heavy atom. The van der Waals surface area contributed by atoms with E-state index < -0.39 is 0 Å². The van der Waals surface area contributed by atoms with Gasteiger partial charge in [-0.2, -0.15) is 0 Å². The van der Waals surface area contributed by atoms with Crippen LogP contribution in [0.25, 0.3) is 10.9 Å². The van der Waals surface area contributed by atoms with Crippen LogP contribution in [0.3, 0.4) is 0 Å². The van der Waals surface area contributed by atoms with Crippen LogP contribution >= 0.6 is 0 Å². The monoisotopic (exact) mass is 331 g/mol. The second-order valence-electron chi connectivity index (χ2n) is 6.33. The Morgan fingerprint density at radius 1 is 1.50 bits per heavy atom. The highest BCUT2D eigenvalue weighted by Crippen LogP contribution is 2.19. The third-order valence-corrected chi connectivity index (χ3v) is 4.81. The molecule has 0 amide bonds. The molecule has 2 heterocycles. The van der Waals surface area contributed by atoms with E-state index in [2.05, 4.69) is 27.1 Å². The number of likely N-dealkylation sites (N-methyl/N-ethyl adjacent to an activating group) is 1. The number of H-pyrrole nitrogens is 1. The first-order valence-corrected chi connectivity index (χ1v) is 8.70. The number of hydrogen-bond donors (Lipinski definition) is 3. The zero-order chi connectivity index (χ0) is 16.9. The topological polar surface area (TPSA) is 69.4 Å². The lowest BCUT2D eigenvalue weighted by Gasteiger charge is -2.20. The van der Waals surface area contributed by atoms with Crippen molar-refractivity contribution in [3.63, 3.8) is 0 Å². The molecule has 24 heavy (non-hydrogen) atoms.